The number of aromatic nitrogens is 3. The van der Waals surface area contributed by atoms with Crippen LogP contribution in [0.3, 0.4) is 0 Å². The molecule has 2 amide bonds. The number of carbonyl (C=O) groups excluding carboxylic acids is 2. The summed E-state index contributed by atoms with van der Waals surface area (Å²) in [6.45, 7) is 10.0. The molecular weight excluding hydrogens is 575 g/mol. The molecule has 1 aliphatic heterocycles. The van der Waals surface area contributed by atoms with Gasteiger partial charge in [0.1, 0.15) is 29.1 Å². The van der Waals surface area contributed by atoms with Gasteiger partial charge in [0.15, 0.2) is 0 Å². The second kappa shape index (κ2) is 12.6. The molecule has 42 heavy (non-hydrogen) atoms. The van der Waals surface area contributed by atoms with Gasteiger partial charge in [0.05, 0.1) is 19.2 Å². The maximum Gasteiger partial charge on any atom is 0.451 e. The zero-order chi connectivity index (χ0) is 30.7. The molecule has 226 valence electrons. The summed E-state index contributed by atoms with van der Waals surface area (Å²) < 4.78 is 55.8. The molecule has 0 aliphatic carbocycles. The number of amides is 2. The number of morpholine rings is 1. The van der Waals surface area contributed by atoms with Gasteiger partial charge in [-0.05, 0) is 52.8 Å². The third-order valence-electron chi connectivity index (χ3n) is 6.04. The number of nitrogens with one attached hydrogen (secondary N) is 1. The van der Waals surface area contributed by atoms with Crippen LogP contribution in [0.15, 0.2) is 36.8 Å². The quantitative estimate of drug-likeness (QED) is 0.378. The van der Waals surface area contributed by atoms with Crippen molar-refractivity contribution in [1.82, 2.24) is 25.2 Å². The number of halogens is 3. The van der Waals surface area contributed by atoms with Crippen molar-refractivity contribution < 1.29 is 37.0 Å². The Morgan fingerprint density at radius 1 is 1.14 bits per heavy atom. The third kappa shape index (κ3) is 8.38. The summed E-state index contributed by atoms with van der Waals surface area (Å²) in [6.07, 6.45) is -1.71. The van der Waals surface area contributed by atoms with Gasteiger partial charge in [-0.2, -0.15) is 13.2 Å². The van der Waals surface area contributed by atoms with Gasteiger partial charge >= 0.3 is 12.3 Å². The molecule has 2 atom stereocenters. The molecule has 1 N–H and O–H groups in total. The van der Waals surface area contributed by atoms with E-state index in [2.05, 4.69) is 20.3 Å². The largest absolute Gasteiger partial charge is 0.491 e. The minimum absolute atomic E-state index is 0.111. The van der Waals surface area contributed by atoms with Crippen LogP contribution in [-0.4, -0.2) is 69.9 Å². The average molecular weight is 608 g/mol. The van der Waals surface area contributed by atoms with E-state index in [1.54, 1.807) is 57.0 Å². The first-order valence-corrected chi connectivity index (χ1v) is 14.0. The number of thiazole rings is 1. The van der Waals surface area contributed by atoms with Crippen LogP contribution < -0.4 is 10.1 Å². The van der Waals surface area contributed by atoms with E-state index in [0.29, 0.717) is 35.0 Å². The molecule has 10 nitrogen and oxygen atoms in total. The lowest BCUT2D eigenvalue weighted by Crippen LogP contribution is -2.49. The van der Waals surface area contributed by atoms with Crippen LogP contribution in [0, 0.1) is 6.92 Å². The molecule has 0 bridgehead atoms. The lowest BCUT2D eigenvalue weighted by molar-refractivity contribution is -0.145. The number of benzene rings is 1. The van der Waals surface area contributed by atoms with Gasteiger partial charge < -0.3 is 24.4 Å². The summed E-state index contributed by atoms with van der Waals surface area (Å²) in [6, 6.07) is 4.31. The number of aryl methyl sites for hydroxylation is 1. The van der Waals surface area contributed by atoms with E-state index in [-0.39, 0.29) is 18.7 Å². The second-order valence-corrected chi connectivity index (χ2v) is 12.0. The van der Waals surface area contributed by atoms with Gasteiger partial charge in [-0.15, -0.1) is 11.3 Å². The van der Waals surface area contributed by atoms with Crippen molar-refractivity contribution in [2.24, 2.45) is 0 Å². The second-order valence-electron chi connectivity index (χ2n) is 10.8. The molecule has 14 heteroatoms. The summed E-state index contributed by atoms with van der Waals surface area (Å²) in [7, 11) is 0. The van der Waals surface area contributed by atoms with Crippen molar-refractivity contribution in [3.63, 3.8) is 0 Å². The van der Waals surface area contributed by atoms with E-state index >= 15 is 0 Å². The number of nitrogens with zero attached hydrogens (tertiary/aromatic N) is 4. The van der Waals surface area contributed by atoms with Gasteiger partial charge in [-0.3, -0.25) is 4.79 Å². The van der Waals surface area contributed by atoms with Crippen molar-refractivity contribution in [3.8, 4) is 16.3 Å². The highest BCUT2D eigenvalue weighted by Crippen LogP contribution is 2.30. The van der Waals surface area contributed by atoms with Gasteiger partial charge in [-0.1, -0.05) is 0 Å². The van der Waals surface area contributed by atoms with E-state index in [9.17, 15) is 22.8 Å². The Labute approximate surface area is 245 Å². The predicted molar refractivity (Wildman–Crippen MR) is 148 cm³/mol. The van der Waals surface area contributed by atoms with Crippen LogP contribution in [0.2, 0.25) is 0 Å². The number of hydrogen-bond acceptors (Lipinski definition) is 9. The zero-order valence-corrected chi connectivity index (χ0v) is 24.6. The fraction of sp³-hybridized carbons (Fsp3) is 0.464. The smallest absolute Gasteiger partial charge is 0.451 e. The number of hydrogen-bond donors (Lipinski definition) is 1. The number of alkyl halides is 3. The highest BCUT2D eigenvalue weighted by Gasteiger charge is 2.34. The first kappa shape index (κ1) is 31.2. The Morgan fingerprint density at radius 2 is 1.86 bits per heavy atom. The molecule has 4 rings (SSSR count). The molecule has 1 aliphatic rings. The van der Waals surface area contributed by atoms with Crippen molar-refractivity contribution in [2.75, 3.05) is 26.3 Å². The summed E-state index contributed by atoms with van der Waals surface area (Å²) in [5.41, 5.74) is 0.601. The van der Waals surface area contributed by atoms with Crippen LogP contribution in [-0.2, 0) is 15.7 Å². The minimum Gasteiger partial charge on any atom is -0.491 e. The zero-order valence-electron chi connectivity index (χ0n) is 23.8. The third-order valence-corrected chi connectivity index (χ3v) is 7.00. The van der Waals surface area contributed by atoms with Crippen LogP contribution in [0.25, 0.3) is 10.6 Å². The Kier molecular flexibility index (Phi) is 9.36. The maximum atomic E-state index is 13.2. The topological polar surface area (TPSA) is 116 Å². The number of carbonyl (C=O) groups is 2. The first-order valence-electron chi connectivity index (χ1n) is 13.2. The van der Waals surface area contributed by atoms with Gasteiger partial charge in [0.2, 0.25) is 5.82 Å². The first-order chi connectivity index (χ1) is 19.7. The van der Waals surface area contributed by atoms with Crippen LogP contribution in [0.1, 0.15) is 60.4 Å². The summed E-state index contributed by atoms with van der Waals surface area (Å²) in [5.74, 6) is -1.35. The van der Waals surface area contributed by atoms with Gasteiger partial charge in [0.25, 0.3) is 5.91 Å². The van der Waals surface area contributed by atoms with Gasteiger partial charge in [0, 0.05) is 46.7 Å². The van der Waals surface area contributed by atoms with Crippen LogP contribution in [0.5, 0.6) is 5.75 Å². The maximum absolute atomic E-state index is 13.2. The monoisotopic (exact) mass is 607 g/mol. The van der Waals surface area contributed by atoms with Crippen LogP contribution >= 0.6 is 11.3 Å². The normalized spacial score (nSPS) is 16.6. The average Bonchev–Trinajstić information content (AvgIpc) is 3.37. The Balaban J connectivity index is 1.48. The molecule has 0 spiro atoms. The Bertz CT molecular complexity index is 1410. The fourth-order valence-corrected chi connectivity index (χ4v) is 4.75. The van der Waals surface area contributed by atoms with E-state index in [1.165, 1.54) is 11.3 Å². The lowest BCUT2D eigenvalue weighted by atomic mass is 10.1. The molecule has 0 unspecified atom stereocenters. The minimum atomic E-state index is -4.66. The van der Waals surface area contributed by atoms with Crippen molar-refractivity contribution in [2.45, 2.75) is 58.5 Å². The summed E-state index contributed by atoms with van der Waals surface area (Å²) in [4.78, 5) is 39.5. The number of rotatable bonds is 7. The molecule has 0 saturated carbocycles. The highest BCUT2D eigenvalue weighted by molar-refractivity contribution is 7.14. The fourth-order valence-electron chi connectivity index (χ4n) is 4.00. The van der Waals surface area contributed by atoms with Crippen molar-refractivity contribution in [3.05, 3.63) is 58.6 Å². The van der Waals surface area contributed by atoms with Gasteiger partial charge in [-0.25, -0.2) is 19.7 Å². The predicted octanol–water partition coefficient (Wildman–Crippen LogP) is 5.43. The summed E-state index contributed by atoms with van der Waals surface area (Å²) in [5, 5.41) is 3.45. The number of ether oxygens (including phenoxy) is 3. The van der Waals surface area contributed by atoms with Crippen LogP contribution in [0.4, 0.5) is 18.0 Å². The van der Waals surface area contributed by atoms with Crippen molar-refractivity contribution in [1.29, 1.82) is 0 Å². The molecular formula is C28H32F3N5O5S. The standard InChI is InChI=1S/C28H32F3N5O5S/c1-16-11-32-24(42-16)19-8-18(23(37)35-17(2)20-12-33-25(34-13-20)28(29,30)31)9-21(10-19)40-15-22-14-36(6-7-39-22)26(38)41-27(3,4)5/h8-13,17,22H,6-7,14-15H2,1-5H3,(H,35,37)/t17-,22+/m0/s1. The molecule has 1 aromatic carbocycles. The molecule has 0 radical (unpaired) electrons. The van der Waals surface area contributed by atoms with E-state index < -0.39 is 41.7 Å². The van der Waals surface area contributed by atoms with E-state index in [1.807, 2.05) is 6.92 Å². The molecule has 3 heterocycles. The Morgan fingerprint density at radius 3 is 2.48 bits per heavy atom. The molecule has 3 aromatic rings. The SMILES string of the molecule is Cc1cnc(-c2cc(OC[C@H]3CN(C(=O)OC(C)(C)C)CCO3)cc(C(=O)N[C@@H](C)c3cnc(C(F)(F)F)nc3)c2)s1. The Hall–Kier alpha value is -3.78. The highest BCUT2D eigenvalue weighted by atomic mass is 32.1. The van der Waals surface area contributed by atoms with E-state index in [4.69, 9.17) is 14.2 Å². The molecule has 2 aromatic heterocycles. The van der Waals surface area contributed by atoms with E-state index in [0.717, 1.165) is 17.3 Å². The van der Waals surface area contributed by atoms with Crippen molar-refractivity contribution >= 4 is 23.3 Å². The molecule has 1 saturated heterocycles. The lowest BCUT2D eigenvalue weighted by Gasteiger charge is -2.34. The summed E-state index contributed by atoms with van der Waals surface area (Å²) >= 11 is 1.45. The molecule has 1 fully saturated rings.